The summed E-state index contributed by atoms with van der Waals surface area (Å²) in [6.07, 6.45) is 8.39. The molecule has 31 heavy (non-hydrogen) atoms. The molecular weight excluding hydrogens is 388 g/mol. The van der Waals surface area contributed by atoms with E-state index in [0.717, 1.165) is 25.8 Å². The molecule has 2 bridgehead atoms. The van der Waals surface area contributed by atoms with Crippen LogP contribution in [0.25, 0.3) is 0 Å². The minimum absolute atomic E-state index is 0.302. The minimum Gasteiger partial charge on any atom is -0.444 e. The highest BCUT2D eigenvalue weighted by atomic mass is 16.6. The van der Waals surface area contributed by atoms with E-state index in [0.29, 0.717) is 29.6 Å². The van der Waals surface area contributed by atoms with E-state index in [2.05, 4.69) is 33.7 Å². The molecule has 0 spiro atoms. The van der Waals surface area contributed by atoms with Gasteiger partial charge in [0.15, 0.2) is 0 Å². The smallest absolute Gasteiger partial charge is 0.411 e. The maximum Gasteiger partial charge on any atom is 0.411 e. The number of carbonyl (C=O) groups is 1. The van der Waals surface area contributed by atoms with Gasteiger partial charge in [-0.15, -0.1) is 0 Å². The minimum atomic E-state index is -0.495. The second kappa shape index (κ2) is 8.92. The van der Waals surface area contributed by atoms with Gasteiger partial charge >= 0.3 is 6.09 Å². The highest BCUT2D eigenvalue weighted by molar-refractivity contribution is 5.69. The Labute approximate surface area is 185 Å². The van der Waals surface area contributed by atoms with Crippen LogP contribution >= 0.6 is 0 Å². The lowest BCUT2D eigenvalue weighted by Gasteiger charge is -2.39. The van der Waals surface area contributed by atoms with Gasteiger partial charge in [-0.25, -0.2) is 4.79 Å². The Morgan fingerprint density at radius 3 is 2.68 bits per heavy atom. The molecule has 4 unspecified atom stereocenters. The molecule has 6 heteroatoms. The number of nitriles is 1. The van der Waals surface area contributed by atoms with Crippen LogP contribution in [0.2, 0.25) is 0 Å². The molecule has 2 aliphatic carbocycles. The van der Waals surface area contributed by atoms with Crippen molar-refractivity contribution in [3.63, 3.8) is 0 Å². The largest absolute Gasteiger partial charge is 0.444 e. The lowest BCUT2D eigenvalue weighted by atomic mass is 9.89. The van der Waals surface area contributed by atoms with Crippen LogP contribution in [-0.4, -0.2) is 36.4 Å². The predicted octanol–water partition coefficient (Wildman–Crippen LogP) is 4.47. The highest BCUT2D eigenvalue weighted by Crippen LogP contribution is 2.41. The van der Waals surface area contributed by atoms with Gasteiger partial charge in [-0.3, -0.25) is 5.32 Å². The molecule has 1 aromatic rings. The zero-order valence-corrected chi connectivity index (χ0v) is 18.9. The Morgan fingerprint density at radius 2 is 2.00 bits per heavy atom. The van der Waals surface area contributed by atoms with Crippen molar-refractivity contribution in [3.8, 4) is 6.07 Å². The van der Waals surface area contributed by atoms with Gasteiger partial charge in [-0.2, -0.15) is 5.26 Å². The third-order valence-electron chi connectivity index (χ3n) is 6.66. The summed E-state index contributed by atoms with van der Waals surface area (Å²) in [5.41, 5.74) is 2.69. The first-order chi connectivity index (χ1) is 14.8. The molecule has 2 N–H and O–H groups in total. The maximum atomic E-state index is 12.1. The van der Waals surface area contributed by atoms with Crippen LogP contribution in [0.4, 0.5) is 10.5 Å². The fraction of sp³-hybridized carbons (Fsp3) is 0.600. The number of fused-ring (bicyclic) bond motifs is 2. The molecule has 1 aliphatic heterocycles. The van der Waals surface area contributed by atoms with E-state index >= 15 is 0 Å². The van der Waals surface area contributed by atoms with Crippen LogP contribution in [0.3, 0.4) is 0 Å². The molecule has 1 amide bonds. The monoisotopic (exact) mass is 422 g/mol. The number of alkyl carbamates (subject to hydrolysis) is 1. The van der Waals surface area contributed by atoms with Crippen molar-refractivity contribution in [2.45, 2.75) is 83.0 Å². The Morgan fingerprint density at radius 1 is 1.23 bits per heavy atom. The molecule has 2 saturated carbocycles. The molecule has 3 fully saturated rings. The number of piperidine rings is 1. The van der Waals surface area contributed by atoms with E-state index in [1.54, 1.807) is 0 Å². The summed E-state index contributed by atoms with van der Waals surface area (Å²) >= 11 is 0. The molecule has 0 aromatic heterocycles. The van der Waals surface area contributed by atoms with Gasteiger partial charge in [-0.05, 0) is 88.6 Å². The SMILES string of the molecule is CC(C)(C)OC(=O)N/C=C1/CCCCC1NC1CC2CC1N(c1ccc(C#N)cc1)C2. The zero-order valence-electron chi connectivity index (χ0n) is 18.9. The molecule has 4 atom stereocenters. The first-order valence-corrected chi connectivity index (χ1v) is 11.5. The van der Waals surface area contributed by atoms with E-state index in [-0.39, 0.29) is 0 Å². The van der Waals surface area contributed by atoms with Crippen molar-refractivity contribution in [2.75, 3.05) is 11.4 Å². The first kappa shape index (κ1) is 21.7. The van der Waals surface area contributed by atoms with Crippen LogP contribution in [0, 0.1) is 17.2 Å². The van der Waals surface area contributed by atoms with Crippen molar-refractivity contribution >= 4 is 11.8 Å². The van der Waals surface area contributed by atoms with Gasteiger partial charge in [0.25, 0.3) is 0 Å². The number of nitrogens with zero attached hydrogens (tertiary/aromatic N) is 2. The third kappa shape index (κ3) is 5.22. The van der Waals surface area contributed by atoms with Crippen molar-refractivity contribution in [1.82, 2.24) is 10.6 Å². The fourth-order valence-corrected chi connectivity index (χ4v) is 5.35. The summed E-state index contributed by atoms with van der Waals surface area (Å²) in [6.45, 7) is 6.72. The first-order valence-electron chi connectivity index (χ1n) is 11.5. The molecule has 4 rings (SSSR count). The molecule has 3 aliphatic rings. The lowest BCUT2D eigenvalue weighted by Crippen LogP contribution is -2.52. The van der Waals surface area contributed by atoms with Crippen LogP contribution < -0.4 is 15.5 Å². The summed E-state index contributed by atoms with van der Waals surface area (Å²) < 4.78 is 5.38. The van der Waals surface area contributed by atoms with Gasteiger partial charge in [0.1, 0.15) is 5.60 Å². The number of carbonyl (C=O) groups excluding carboxylic acids is 1. The van der Waals surface area contributed by atoms with E-state index in [1.807, 2.05) is 39.1 Å². The number of ether oxygens (including phenoxy) is 1. The molecule has 6 nitrogen and oxygen atoms in total. The summed E-state index contributed by atoms with van der Waals surface area (Å²) in [7, 11) is 0. The van der Waals surface area contributed by atoms with Gasteiger partial charge < -0.3 is 15.0 Å². The molecule has 1 heterocycles. The second-order valence-electron chi connectivity index (χ2n) is 10.2. The number of rotatable bonds is 4. The molecular formula is C25H34N4O2. The summed E-state index contributed by atoms with van der Waals surface area (Å²) in [6, 6.07) is 11.4. The Hall–Kier alpha value is -2.52. The number of hydrogen-bond donors (Lipinski definition) is 2. The Kier molecular flexibility index (Phi) is 6.24. The predicted molar refractivity (Wildman–Crippen MR) is 122 cm³/mol. The zero-order chi connectivity index (χ0) is 22.0. The van der Waals surface area contributed by atoms with Crippen LogP contribution in [-0.2, 0) is 4.74 Å². The maximum absolute atomic E-state index is 12.1. The van der Waals surface area contributed by atoms with Crippen molar-refractivity contribution in [2.24, 2.45) is 5.92 Å². The average molecular weight is 423 g/mol. The Balaban J connectivity index is 1.40. The molecule has 0 radical (unpaired) electrons. The molecule has 166 valence electrons. The van der Waals surface area contributed by atoms with Gasteiger partial charge in [0, 0.05) is 36.6 Å². The van der Waals surface area contributed by atoms with E-state index in [9.17, 15) is 4.79 Å². The number of hydrogen-bond acceptors (Lipinski definition) is 5. The second-order valence-corrected chi connectivity index (χ2v) is 10.2. The van der Waals surface area contributed by atoms with Crippen LogP contribution in [0.15, 0.2) is 36.0 Å². The number of benzene rings is 1. The van der Waals surface area contributed by atoms with Gasteiger partial charge in [0.05, 0.1) is 11.6 Å². The molecule has 1 aromatic carbocycles. The molecule has 1 saturated heterocycles. The van der Waals surface area contributed by atoms with Crippen molar-refractivity contribution < 1.29 is 9.53 Å². The lowest BCUT2D eigenvalue weighted by molar-refractivity contribution is 0.0551. The number of nitrogens with one attached hydrogen (secondary N) is 2. The normalized spacial score (nSPS) is 29.1. The average Bonchev–Trinajstić information content (AvgIpc) is 3.32. The van der Waals surface area contributed by atoms with E-state index < -0.39 is 11.7 Å². The van der Waals surface area contributed by atoms with Crippen molar-refractivity contribution in [3.05, 3.63) is 41.6 Å². The van der Waals surface area contributed by atoms with Gasteiger partial charge in [0.2, 0.25) is 0 Å². The van der Waals surface area contributed by atoms with Crippen molar-refractivity contribution in [1.29, 1.82) is 5.26 Å². The summed E-state index contributed by atoms with van der Waals surface area (Å²) in [5.74, 6) is 0.717. The Bertz CT molecular complexity index is 865. The third-order valence-corrected chi connectivity index (χ3v) is 6.66. The van der Waals surface area contributed by atoms with Crippen LogP contribution in [0.5, 0.6) is 0 Å². The topological polar surface area (TPSA) is 77.4 Å². The van der Waals surface area contributed by atoms with E-state index in [4.69, 9.17) is 10.00 Å². The quantitative estimate of drug-likeness (QED) is 0.749. The van der Waals surface area contributed by atoms with E-state index in [1.165, 1.54) is 30.5 Å². The fourth-order valence-electron chi connectivity index (χ4n) is 5.35. The van der Waals surface area contributed by atoms with Crippen LogP contribution in [0.1, 0.15) is 64.9 Å². The summed E-state index contributed by atoms with van der Waals surface area (Å²) in [5, 5.41) is 15.9. The standard InChI is InChI=1S/C25H34N4O2/c1-25(2,3)31-24(30)27-15-19-6-4-5-7-21(19)28-22-12-18-13-23(22)29(16-18)20-10-8-17(14-26)9-11-20/h8-11,15,18,21-23,28H,4-7,12-13,16H2,1-3H3,(H,27,30)/b19-15-. The summed E-state index contributed by atoms with van der Waals surface area (Å²) in [4.78, 5) is 14.6. The number of amides is 1. The number of anilines is 1. The van der Waals surface area contributed by atoms with Gasteiger partial charge in [-0.1, -0.05) is 6.42 Å². The highest BCUT2D eigenvalue weighted by Gasteiger charge is 2.45.